The van der Waals surface area contributed by atoms with Gasteiger partial charge in [0, 0.05) is 6.20 Å². The van der Waals surface area contributed by atoms with E-state index >= 15 is 0 Å². The number of fused-ring (bicyclic) bond motifs is 1. The minimum absolute atomic E-state index is 0.0378. The Morgan fingerprint density at radius 2 is 1.88 bits per heavy atom. The number of amides is 1. The van der Waals surface area contributed by atoms with E-state index in [4.69, 9.17) is 5.73 Å². The molecule has 25 heavy (non-hydrogen) atoms. The second kappa shape index (κ2) is 6.00. The summed E-state index contributed by atoms with van der Waals surface area (Å²) in [6, 6.07) is 4.77. The predicted molar refractivity (Wildman–Crippen MR) is 84.1 cm³/mol. The summed E-state index contributed by atoms with van der Waals surface area (Å²) in [5, 5.41) is 4.77. The van der Waals surface area contributed by atoms with Crippen molar-refractivity contribution in [1.82, 2.24) is 19.7 Å². The Balaban J connectivity index is 1.92. The molecule has 1 amide bonds. The summed E-state index contributed by atoms with van der Waals surface area (Å²) in [6.07, 6.45) is -1.38. The van der Waals surface area contributed by atoms with E-state index in [0.717, 1.165) is 12.1 Å². The summed E-state index contributed by atoms with van der Waals surface area (Å²) in [5.41, 5.74) is 5.45. The lowest BCUT2D eigenvalue weighted by Crippen LogP contribution is -2.14. The predicted octanol–water partition coefficient (Wildman–Crippen LogP) is 2.39. The maximum absolute atomic E-state index is 12.6. The van der Waals surface area contributed by atoms with Crippen LogP contribution < -0.4 is 5.73 Å². The molecule has 3 aromatic rings. The van der Waals surface area contributed by atoms with Crippen LogP contribution in [0.3, 0.4) is 0 Å². The van der Waals surface area contributed by atoms with E-state index in [9.17, 15) is 18.0 Å². The van der Waals surface area contributed by atoms with Gasteiger partial charge in [0.2, 0.25) is 0 Å². The fourth-order valence-corrected chi connectivity index (χ4v) is 2.21. The molecule has 0 aliphatic carbocycles. The number of nitrogens with two attached hydrogens (primary N) is 1. The fraction of sp³-hybridized carbons (Fsp3) is 0.125. The third-order valence-electron chi connectivity index (χ3n) is 3.56. The number of nitrogens with zero attached hydrogens (tertiary/aromatic N) is 4. The van der Waals surface area contributed by atoms with E-state index in [1.807, 2.05) is 0 Å². The number of primary amides is 1. The standard InChI is InChI=1S/C16H12F3N5O/c1-9(13(20)25)14-21-6-11-7-22-24(15(11)23-14)8-10-2-4-12(5-3-10)16(17,18)19/h2-7H,1,8H2,(H2,20,25). The van der Waals surface area contributed by atoms with Crippen molar-refractivity contribution >= 4 is 22.5 Å². The van der Waals surface area contributed by atoms with Gasteiger partial charge in [0.1, 0.15) is 0 Å². The van der Waals surface area contributed by atoms with Crippen LogP contribution in [-0.2, 0) is 17.5 Å². The zero-order chi connectivity index (χ0) is 18.2. The summed E-state index contributed by atoms with van der Waals surface area (Å²) in [7, 11) is 0. The first kappa shape index (κ1) is 16.6. The molecule has 2 aromatic heterocycles. The van der Waals surface area contributed by atoms with E-state index in [-0.39, 0.29) is 17.9 Å². The molecule has 1 aromatic carbocycles. The molecule has 0 fully saturated rings. The minimum atomic E-state index is -4.38. The number of hydrogen-bond acceptors (Lipinski definition) is 4. The van der Waals surface area contributed by atoms with Gasteiger partial charge in [0.25, 0.3) is 5.91 Å². The highest BCUT2D eigenvalue weighted by Crippen LogP contribution is 2.29. The second-order valence-corrected chi connectivity index (χ2v) is 5.31. The molecule has 128 valence electrons. The second-order valence-electron chi connectivity index (χ2n) is 5.31. The molecule has 0 aliphatic heterocycles. The van der Waals surface area contributed by atoms with E-state index < -0.39 is 17.6 Å². The Morgan fingerprint density at radius 3 is 2.48 bits per heavy atom. The van der Waals surface area contributed by atoms with Gasteiger partial charge in [-0.1, -0.05) is 18.7 Å². The Kier molecular flexibility index (Phi) is 3.99. The van der Waals surface area contributed by atoms with Gasteiger partial charge in [-0.05, 0) is 17.7 Å². The SMILES string of the molecule is C=C(C(N)=O)c1ncc2cnn(Cc3ccc(C(F)(F)F)cc3)c2n1. The molecule has 9 heteroatoms. The van der Waals surface area contributed by atoms with Crippen molar-refractivity contribution in [2.45, 2.75) is 12.7 Å². The molecule has 0 saturated heterocycles. The van der Waals surface area contributed by atoms with E-state index in [1.54, 1.807) is 0 Å². The smallest absolute Gasteiger partial charge is 0.365 e. The van der Waals surface area contributed by atoms with Crippen molar-refractivity contribution in [3.05, 3.63) is 60.2 Å². The molecular weight excluding hydrogens is 335 g/mol. The Labute approximate surface area is 139 Å². The largest absolute Gasteiger partial charge is 0.416 e. The van der Waals surface area contributed by atoms with Crippen molar-refractivity contribution in [1.29, 1.82) is 0 Å². The van der Waals surface area contributed by atoms with Crippen LogP contribution >= 0.6 is 0 Å². The number of carbonyl (C=O) groups is 1. The highest BCUT2D eigenvalue weighted by atomic mass is 19.4. The summed E-state index contributed by atoms with van der Waals surface area (Å²) >= 11 is 0. The summed E-state index contributed by atoms with van der Waals surface area (Å²) in [5.74, 6) is -0.665. The average molecular weight is 347 g/mol. The molecule has 0 atom stereocenters. The lowest BCUT2D eigenvalue weighted by atomic mass is 10.1. The lowest BCUT2D eigenvalue weighted by Gasteiger charge is -2.08. The van der Waals surface area contributed by atoms with Crippen LogP contribution in [0.25, 0.3) is 16.6 Å². The maximum atomic E-state index is 12.6. The van der Waals surface area contributed by atoms with Crippen molar-refractivity contribution in [2.75, 3.05) is 0 Å². The van der Waals surface area contributed by atoms with Gasteiger partial charge in [-0.15, -0.1) is 0 Å². The minimum Gasteiger partial charge on any atom is -0.365 e. The molecule has 0 unspecified atom stereocenters. The lowest BCUT2D eigenvalue weighted by molar-refractivity contribution is -0.137. The first-order valence-corrected chi connectivity index (χ1v) is 7.09. The highest BCUT2D eigenvalue weighted by Gasteiger charge is 2.29. The average Bonchev–Trinajstić information content (AvgIpc) is 2.96. The zero-order valence-corrected chi connectivity index (χ0v) is 12.8. The topological polar surface area (TPSA) is 86.7 Å². The van der Waals surface area contributed by atoms with E-state index in [0.29, 0.717) is 16.6 Å². The molecule has 6 nitrogen and oxygen atoms in total. The number of halogens is 3. The summed E-state index contributed by atoms with van der Waals surface area (Å²) in [6.45, 7) is 3.74. The number of alkyl halides is 3. The van der Waals surface area contributed by atoms with Crippen LogP contribution in [0.5, 0.6) is 0 Å². The quantitative estimate of drug-likeness (QED) is 0.734. The third kappa shape index (κ3) is 3.35. The van der Waals surface area contributed by atoms with Gasteiger partial charge in [-0.2, -0.15) is 18.3 Å². The number of rotatable bonds is 4. The Morgan fingerprint density at radius 1 is 1.20 bits per heavy atom. The molecule has 0 aliphatic rings. The number of carbonyl (C=O) groups excluding carboxylic acids is 1. The van der Waals surface area contributed by atoms with Gasteiger partial charge in [-0.3, -0.25) is 4.79 Å². The molecule has 2 heterocycles. The molecule has 0 spiro atoms. The van der Waals surface area contributed by atoms with E-state index in [2.05, 4.69) is 21.6 Å². The van der Waals surface area contributed by atoms with Gasteiger partial charge in [-0.25, -0.2) is 14.6 Å². The van der Waals surface area contributed by atoms with Crippen LogP contribution in [0.4, 0.5) is 13.2 Å². The van der Waals surface area contributed by atoms with Crippen LogP contribution in [0.2, 0.25) is 0 Å². The van der Waals surface area contributed by atoms with Crippen LogP contribution in [0.15, 0.2) is 43.2 Å². The Bertz CT molecular complexity index is 960. The first-order valence-electron chi connectivity index (χ1n) is 7.09. The molecular formula is C16H12F3N5O. The van der Waals surface area contributed by atoms with Crippen molar-refractivity contribution in [2.24, 2.45) is 5.73 Å². The number of benzene rings is 1. The third-order valence-corrected chi connectivity index (χ3v) is 3.56. The number of hydrogen-bond donors (Lipinski definition) is 1. The molecule has 0 radical (unpaired) electrons. The molecule has 3 rings (SSSR count). The zero-order valence-electron chi connectivity index (χ0n) is 12.8. The number of aromatic nitrogens is 4. The van der Waals surface area contributed by atoms with Crippen LogP contribution in [-0.4, -0.2) is 25.7 Å². The normalized spacial score (nSPS) is 11.6. The van der Waals surface area contributed by atoms with Gasteiger partial charge < -0.3 is 5.73 Å². The monoisotopic (exact) mass is 347 g/mol. The van der Waals surface area contributed by atoms with E-state index in [1.165, 1.54) is 29.2 Å². The summed E-state index contributed by atoms with van der Waals surface area (Å²) < 4.78 is 39.3. The van der Waals surface area contributed by atoms with Gasteiger partial charge >= 0.3 is 6.18 Å². The first-order chi connectivity index (χ1) is 11.8. The fourth-order valence-electron chi connectivity index (χ4n) is 2.21. The van der Waals surface area contributed by atoms with Gasteiger partial charge in [0.15, 0.2) is 11.5 Å². The van der Waals surface area contributed by atoms with Crippen LogP contribution in [0, 0.1) is 0 Å². The van der Waals surface area contributed by atoms with Crippen molar-refractivity contribution in [3.63, 3.8) is 0 Å². The molecule has 0 bridgehead atoms. The van der Waals surface area contributed by atoms with Crippen LogP contribution in [0.1, 0.15) is 17.0 Å². The highest BCUT2D eigenvalue weighted by molar-refractivity contribution is 6.16. The maximum Gasteiger partial charge on any atom is 0.416 e. The molecule has 0 saturated carbocycles. The summed E-state index contributed by atoms with van der Waals surface area (Å²) in [4.78, 5) is 19.4. The van der Waals surface area contributed by atoms with Crippen molar-refractivity contribution in [3.8, 4) is 0 Å². The van der Waals surface area contributed by atoms with Gasteiger partial charge in [0.05, 0.1) is 29.3 Å². The molecule has 2 N–H and O–H groups in total. The Hall–Kier alpha value is -3.23. The van der Waals surface area contributed by atoms with Crippen molar-refractivity contribution < 1.29 is 18.0 Å².